The van der Waals surface area contributed by atoms with E-state index < -0.39 is 0 Å². The van der Waals surface area contributed by atoms with E-state index in [0.29, 0.717) is 18.4 Å². The van der Waals surface area contributed by atoms with Crippen LogP contribution in [0.25, 0.3) is 0 Å². The summed E-state index contributed by atoms with van der Waals surface area (Å²) < 4.78 is 6.68. The van der Waals surface area contributed by atoms with E-state index in [0.717, 1.165) is 38.4 Å². The van der Waals surface area contributed by atoms with Crippen molar-refractivity contribution in [1.82, 2.24) is 24.6 Å². The van der Waals surface area contributed by atoms with Gasteiger partial charge < -0.3 is 9.64 Å². The number of hydrogen-bond donors (Lipinski definition) is 0. The lowest BCUT2D eigenvalue weighted by molar-refractivity contribution is 0.241. The van der Waals surface area contributed by atoms with Crippen LogP contribution in [0.2, 0.25) is 0 Å². The summed E-state index contributed by atoms with van der Waals surface area (Å²) in [5, 5.41) is 4.27. The molecule has 0 amide bonds. The van der Waals surface area contributed by atoms with Gasteiger partial charge in [-0.1, -0.05) is 0 Å². The van der Waals surface area contributed by atoms with Crippen molar-refractivity contribution in [2.24, 2.45) is 0 Å². The molecule has 0 unspecified atom stereocenters. The van der Waals surface area contributed by atoms with Crippen LogP contribution in [0, 0.1) is 6.92 Å². The Kier molecular flexibility index (Phi) is 5.05. The molecule has 1 aliphatic heterocycles. The molecule has 1 fully saturated rings. The lowest BCUT2D eigenvalue weighted by Crippen LogP contribution is -2.48. The van der Waals surface area contributed by atoms with Gasteiger partial charge in [0, 0.05) is 51.1 Å². The summed E-state index contributed by atoms with van der Waals surface area (Å²) in [6.45, 7) is 6.82. The van der Waals surface area contributed by atoms with Gasteiger partial charge in [-0.25, -0.2) is 9.67 Å². The highest BCUT2D eigenvalue weighted by atomic mass is 16.5. The Morgan fingerprint density at radius 2 is 1.92 bits per heavy atom. The molecule has 8 heteroatoms. The van der Waals surface area contributed by atoms with Crippen LogP contribution in [0.3, 0.4) is 0 Å². The number of ether oxygens (including phenoxy) is 1. The van der Waals surface area contributed by atoms with Gasteiger partial charge in [0.15, 0.2) is 0 Å². The molecular formula is C16H22N6O2. The van der Waals surface area contributed by atoms with E-state index in [4.69, 9.17) is 4.74 Å². The summed E-state index contributed by atoms with van der Waals surface area (Å²) in [4.78, 5) is 24.9. The number of anilines is 1. The third-order valence-electron chi connectivity index (χ3n) is 4.11. The van der Waals surface area contributed by atoms with Crippen molar-refractivity contribution in [3.63, 3.8) is 0 Å². The Morgan fingerprint density at radius 1 is 1.12 bits per heavy atom. The number of aromatic nitrogens is 4. The highest BCUT2D eigenvalue weighted by Crippen LogP contribution is 2.14. The maximum Gasteiger partial charge on any atom is 0.266 e. The minimum absolute atomic E-state index is 0.0518. The van der Waals surface area contributed by atoms with Crippen molar-refractivity contribution in [3.05, 3.63) is 40.4 Å². The van der Waals surface area contributed by atoms with E-state index in [9.17, 15) is 4.79 Å². The fourth-order valence-corrected chi connectivity index (χ4v) is 2.72. The standard InChI is InChI=1S/C16H22N6O2/c1-13-3-4-15(23)22(19-13)12-9-20-7-10-21(11-8-20)16-17-6-5-14(18-16)24-2/h3-6H,7-12H2,1-2H3. The molecule has 2 aromatic rings. The van der Waals surface area contributed by atoms with Crippen molar-refractivity contribution in [2.45, 2.75) is 13.5 Å². The predicted molar refractivity (Wildman–Crippen MR) is 90.5 cm³/mol. The number of hydrogen-bond acceptors (Lipinski definition) is 7. The van der Waals surface area contributed by atoms with Gasteiger partial charge in [-0.05, 0) is 13.0 Å². The van der Waals surface area contributed by atoms with Gasteiger partial charge in [0.25, 0.3) is 5.56 Å². The molecule has 0 saturated carbocycles. The number of rotatable bonds is 5. The average molecular weight is 330 g/mol. The molecule has 0 atom stereocenters. The van der Waals surface area contributed by atoms with Crippen LogP contribution in [0.4, 0.5) is 5.95 Å². The topological polar surface area (TPSA) is 76.4 Å². The Morgan fingerprint density at radius 3 is 2.67 bits per heavy atom. The van der Waals surface area contributed by atoms with Crippen LogP contribution in [-0.2, 0) is 6.54 Å². The molecule has 0 N–H and O–H groups in total. The normalized spacial score (nSPS) is 15.5. The third-order valence-corrected chi connectivity index (χ3v) is 4.11. The van der Waals surface area contributed by atoms with Crippen LogP contribution in [0.5, 0.6) is 5.88 Å². The summed E-state index contributed by atoms with van der Waals surface area (Å²) in [7, 11) is 1.60. The second kappa shape index (κ2) is 7.39. The van der Waals surface area contributed by atoms with Crippen LogP contribution in [-0.4, -0.2) is 64.5 Å². The highest BCUT2D eigenvalue weighted by molar-refractivity contribution is 5.32. The lowest BCUT2D eigenvalue weighted by Gasteiger charge is -2.34. The molecule has 1 saturated heterocycles. The molecule has 3 heterocycles. The van der Waals surface area contributed by atoms with Gasteiger partial charge in [-0.3, -0.25) is 9.69 Å². The molecule has 24 heavy (non-hydrogen) atoms. The maximum absolute atomic E-state index is 11.8. The molecule has 3 rings (SSSR count). The van der Waals surface area contributed by atoms with E-state index >= 15 is 0 Å². The van der Waals surface area contributed by atoms with Gasteiger partial charge in [-0.15, -0.1) is 0 Å². The molecule has 0 radical (unpaired) electrons. The number of methoxy groups -OCH3 is 1. The predicted octanol–water partition coefficient (Wildman–Crippen LogP) is 0.173. The number of nitrogens with zero attached hydrogens (tertiary/aromatic N) is 6. The van der Waals surface area contributed by atoms with Crippen molar-refractivity contribution < 1.29 is 4.74 Å². The molecule has 128 valence electrons. The van der Waals surface area contributed by atoms with E-state index in [-0.39, 0.29) is 5.56 Å². The van der Waals surface area contributed by atoms with E-state index in [1.807, 2.05) is 6.92 Å². The van der Waals surface area contributed by atoms with E-state index in [1.165, 1.54) is 4.68 Å². The maximum atomic E-state index is 11.8. The Balaban J connectivity index is 1.53. The first kappa shape index (κ1) is 16.4. The van der Waals surface area contributed by atoms with Crippen LogP contribution >= 0.6 is 0 Å². The molecule has 0 spiro atoms. The second-order valence-corrected chi connectivity index (χ2v) is 5.76. The Hall–Kier alpha value is -2.48. The van der Waals surface area contributed by atoms with Gasteiger partial charge >= 0.3 is 0 Å². The molecule has 2 aromatic heterocycles. The zero-order valence-electron chi connectivity index (χ0n) is 14.1. The van der Waals surface area contributed by atoms with Crippen LogP contribution in [0.15, 0.2) is 29.2 Å². The minimum Gasteiger partial charge on any atom is -0.481 e. The molecular weight excluding hydrogens is 308 g/mol. The van der Waals surface area contributed by atoms with Crippen molar-refractivity contribution in [3.8, 4) is 5.88 Å². The van der Waals surface area contributed by atoms with Crippen LogP contribution < -0.4 is 15.2 Å². The summed E-state index contributed by atoms with van der Waals surface area (Å²) in [6.07, 6.45) is 1.71. The first-order chi connectivity index (χ1) is 11.7. The zero-order valence-corrected chi connectivity index (χ0v) is 14.1. The van der Waals surface area contributed by atoms with Crippen molar-refractivity contribution in [2.75, 3.05) is 44.7 Å². The smallest absolute Gasteiger partial charge is 0.266 e. The van der Waals surface area contributed by atoms with Crippen molar-refractivity contribution >= 4 is 5.95 Å². The molecule has 0 aromatic carbocycles. The quantitative estimate of drug-likeness (QED) is 0.773. The largest absolute Gasteiger partial charge is 0.481 e. The van der Waals surface area contributed by atoms with Crippen LogP contribution in [0.1, 0.15) is 5.69 Å². The lowest BCUT2D eigenvalue weighted by atomic mass is 10.3. The monoisotopic (exact) mass is 330 g/mol. The summed E-state index contributed by atoms with van der Waals surface area (Å²) >= 11 is 0. The van der Waals surface area contributed by atoms with E-state index in [2.05, 4.69) is 24.9 Å². The Bertz CT molecular complexity index is 739. The summed E-state index contributed by atoms with van der Waals surface area (Å²) in [5.74, 6) is 1.28. The van der Waals surface area contributed by atoms with Gasteiger partial charge in [-0.2, -0.15) is 10.1 Å². The molecule has 0 bridgehead atoms. The fraction of sp³-hybridized carbons (Fsp3) is 0.500. The number of piperazine rings is 1. The number of aryl methyl sites for hydroxylation is 1. The van der Waals surface area contributed by atoms with E-state index in [1.54, 1.807) is 31.5 Å². The molecule has 8 nitrogen and oxygen atoms in total. The van der Waals surface area contributed by atoms with Gasteiger partial charge in [0.05, 0.1) is 19.3 Å². The van der Waals surface area contributed by atoms with Gasteiger partial charge in [0.2, 0.25) is 11.8 Å². The minimum atomic E-state index is -0.0518. The summed E-state index contributed by atoms with van der Waals surface area (Å²) in [5.41, 5.74) is 0.804. The first-order valence-electron chi connectivity index (χ1n) is 8.05. The van der Waals surface area contributed by atoms with Crippen molar-refractivity contribution in [1.29, 1.82) is 0 Å². The fourth-order valence-electron chi connectivity index (χ4n) is 2.72. The average Bonchev–Trinajstić information content (AvgIpc) is 2.63. The molecule has 0 aliphatic carbocycles. The Labute approximate surface area is 140 Å². The first-order valence-corrected chi connectivity index (χ1v) is 8.05. The summed E-state index contributed by atoms with van der Waals surface area (Å²) in [6, 6.07) is 5.05. The second-order valence-electron chi connectivity index (χ2n) is 5.76. The SMILES string of the molecule is COc1ccnc(N2CCN(CCn3nc(C)ccc3=O)CC2)n1. The third kappa shape index (κ3) is 3.88. The zero-order chi connectivity index (χ0) is 16.9. The van der Waals surface area contributed by atoms with Gasteiger partial charge in [0.1, 0.15) is 0 Å². The highest BCUT2D eigenvalue weighted by Gasteiger charge is 2.19. The molecule has 1 aliphatic rings.